The van der Waals surface area contributed by atoms with Crippen LogP contribution >= 0.6 is 0 Å². The van der Waals surface area contributed by atoms with Crippen molar-refractivity contribution in [2.24, 2.45) is 5.73 Å². The zero-order valence-corrected chi connectivity index (χ0v) is 18.4. The molecule has 0 aromatic heterocycles. The summed E-state index contributed by atoms with van der Waals surface area (Å²) in [6.45, 7) is 2.23. The molecule has 2 aromatic rings. The Morgan fingerprint density at radius 3 is 2.03 bits per heavy atom. The number of anilines is 1. The minimum absolute atomic E-state index is 0.221. The standard InChI is InChI=1S/C28H28N2O2/c1-2-3-4-5-6-19-7-9-20(10-8-19)21-11-13-22(14-12-21)30-24-16-18-25(31)27-23(29)15-17-26(32)28(24)27/h7-18,30H,2-6,29H2,1H3. The average molecular weight is 425 g/mol. The molecule has 0 unspecified atom stereocenters. The van der Waals surface area contributed by atoms with Gasteiger partial charge in [0.15, 0.2) is 11.6 Å². The lowest BCUT2D eigenvalue weighted by Crippen LogP contribution is -2.24. The number of rotatable bonds is 8. The quantitative estimate of drug-likeness (QED) is 0.539. The fourth-order valence-corrected chi connectivity index (χ4v) is 4.08. The van der Waals surface area contributed by atoms with E-state index in [9.17, 15) is 9.59 Å². The van der Waals surface area contributed by atoms with Gasteiger partial charge in [-0.1, -0.05) is 62.6 Å². The van der Waals surface area contributed by atoms with E-state index in [4.69, 9.17) is 5.73 Å². The summed E-state index contributed by atoms with van der Waals surface area (Å²) in [5.41, 5.74) is 12.0. The summed E-state index contributed by atoms with van der Waals surface area (Å²) in [6.07, 6.45) is 12.2. The third kappa shape index (κ3) is 4.65. The summed E-state index contributed by atoms with van der Waals surface area (Å²) < 4.78 is 0. The van der Waals surface area contributed by atoms with Crippen LogP contribution in [0.3, 0.4) is 0 Å². The molecule has 0 atom stereocenters. The first-order valence-electron chi connectivity index (χ1n) is 11.2. The Bertz CT molecular complexity index is 1150. The van der Waals surface area contributed by atoms with Crippen molar-refractivity contribution in [2.45, 2.75) is 39.0 Å². The first-order chi connectivity index (χ1) is 15.6. The molecule has 0 heterocycles. The highest BCUT2D eigenvalue weighted by atomic mass is 16.1. The molecule has 0 radical (unpaired) electrons. The zero-order chi connectivity index (χ0) is 22.5. The number of nitrogens with one attached hydrogen (secondary N) is 1. The summed E-state index contributed by atoms with van der Waals surface area (Å²) in [5.74, 6) is -0.467. The number of ketones is 2. The fourth-order valence-electron chi connectivity index (χ4n) is 4.08. The Kier molecular flexibility index (Phi) is 6.50. The number of hydrogen-bond donors (Lipinski definition) is 2. The lowest BCUT2D eigenvalue weighted by atomic mass is 9.86. The van der Waals surface area contributed by atoms with Gasteiger partial charge in [0.1, 0.15) is 0 Å². The molecule has 2 aliphatic rings. The van der Waals surface area contributed by atoms with Crippen molar-refractivity contribution in [1.82, 2.24) is 0 Å². The van der Waals surface area contributed by atoms with Crippen LogP contribution in [0.4, 0.5) is 5.69 Å². The Morgan fingerprint density at radius 2 is 1.34 bits per heavy atom. The van der Waals surface area contributed by atoms with Gasteiger partial charge >= 0.3 is 0 Å². The molecule has 0 saturated heterocycles. The number of aryl methyl sites for hydroxylation is 1. The van der Waals surface area contributed by atoms with Crippen molar-refractivity contribution >= 4 is 17.3 Å². The number of carbonyl (C=O) groups is 2. The molecular formula is C28H28N2O2. The monoisotopic (exact) mass is 424 g/mol. The van der Waals surface area contributed by atoms with E-state index >= 15 is 0 Å². The van der Waals surface area contributed by atoms with Gasteiger partial charge in [-0.15, -0.1) is 0 Å². The van der Waals surface area contributed by atoms with Crippen LogP contribution in [0.5, 0.6) is 0 Å². The van der Waals surface area contributed by atoms with Crippen LogP contribution in [-0.2, 0) is 16.0 Å². The lowest BCUT2D eigenvalue weighted by Gasteiger charge is -2.21. The second-order valence-corrected chi connectivity index (χ2v) is 8.22. The first-order valence-corrected chi connectivity index (χ1v) is 11.2. The second-order valence-electron chi connectivity index (χ2n) is 8.22. The number of benzene rings is 2. The molecule has 4 heteroatoms. The van der Waals surface area contributed by atoms with E-state index in [1.165, 1.54) is 55.0 Å². The molecule has 2 aliphatic carbocycles. The van der Waals surface area contributed by atoms with Crippen molar-refractivity contribution in [3.63, 3.8) is 0 Å². The van der Waals surface area contributed by atoms with Crippen molar-refractivity contribution in [3.05, 3.63) is 101 Å². The molecule has 0 fully saturated rings. The van der Waals surface area contributed by atoms with Crippen LogP contribution in [0, 0.1) is 0 Å². The van der Waals surface area contributed by atoms with Crippen LogP contribution in [-0.4, -0.2) is 11.6 Å². The van der Waals surface area contributed by atoms with Gasteiger partial charge in [0, 0.05) is 11.4 Å². The van der Waals surface area contributed by atoms with Gasteiger partial charge in [-0.3, -0.25) is 9.59 Å². The van der Waals surface area contributed by atoms with E-state index in [-0.39, 0.29) is 17.1 Å². The Balaban J connectivity index is 1.48. The highest BCUT2D eigenvalue weighted by Crippen LogP contribution is 2.30. The van der Waals surface area contributed by atoms with Crippen molar-refractivity contribution in [1.29, 1.82) is 0 Å². The molecule has 0 saturated carbocycles. The minimum atomic E-state index is -0.245. The predicted octanol–water partition coefficient (Wildman–Crippen LogP) is 5.63. The smallest absolute Gasteiger partial charge is 0.188 e. The molecule has 2 aromatic carbocycles. The number of nitrogens with two attached hydrogens (primary N) is 1. The van der Waals surface area contributed by atoms with Crippen LogP contribution in [0.1, 0.15) is 38.2 Å². The normalized spacial score (nSPS) is 15.4. The second kappa shape index (κ2) is 9.65. The van der Waals surface area contributed by atoms with Crippen LogP contribution in [0.2, 0.25) is 0 Å². The van der Waals surface area contributed by atoms with Gasteiger partial charge in [0.2, 0.25) is 0 Å². The maximum absolute atomic E-state index is 12.4. The number of unbranched alkanes of at least 4 members (excludes halogenated alkanes) is 3. The predicted molar refractivity (Wildman–Crippen MR) is 130 cm³/mol. The van der Waals surface area contributed by atoms with Gasteiger partial charge in [-0.25, -0.2) is 0 Å². The maximum Gasteiger partial charge on any atom is 0.188 e. The molecule has 4 nitrogen and oxygen atoms in total. The number of fused-ring (bicyclic) bond motifs is 1. The van der Waals surface area contributed by atoms with Crippen LogP contribution in [0.25, 0.3) is 11.1 Å². The van der Waals surface area contributed by atoms with E-state index in [0.29, 0.717) is 17.0 Å². The Labute approximate surface area is 189 Å². The minimum Gasteiger partial charge on any atom is -0.398 e. The van der Waals surface area contributed by atoms with Gasteiger partial charge in [0.25, 0.3) is 0 Å². The zero-order valence-electron chi connectivity index (χ0n) is 18.4. The number of carbonyl (C=O) groups excluding carboxylic acids is 2. The van der Waals surface area contributed by atoms with E-state index in [2.05, 4.69) is 48.6 Å². The molecular weight excluding hydrogens is 396 g/mol. The molecule has 32 heavy (non-hydrogen) atoms. The van der Waals surface area contributed by atoms with Crippen molar-refractivity contribution in [3.8, 4) is 11.1 Å². The molecule has 0 amide bonds. The largest absolute Gasteiger partial charge is 0.398 e. The van der Waals surface area contributed by atoms with Crippen molar-refractivity contribution in [2.75, 3.05) is 5.32 Å². The van der Waals surface area contributed by atoms with Crippen LogP contribution < -0.4 is 11.1 Å². The van der Waals surface area contributed by atoms with Gasteiger partial charge in [0.05, 0.1) is 16.8 Å². The topological polar surface area (TPSA) is 72.2 Å². The van der Waals surface area contributed by atoms with Gasteiger partial charge in [-0.2, -0.15) is 0 Å². The van der Waals surface area contributed by atoms with Crippen molar-refractivity contribution < 1.29 is 9.59 Å². The van der Waals surface area contributed by atoms with E-state index in [0.717, 1.165) is 17.7 Å². The third-order valence-corrected chi connectivity index (χ3v) is 5.89. The van der Waals surface area contributed by atoms with E-state index < -0.39 is 0 Å². The Hall–Kier alpha value is -3.66. The van der Waals surface area contributed by atoms with Crippen LogP contribution in [0.15, 0.2) is 95.4 Å². The first kappa shape index (κ1) is 21.6. The Morgan fingerprint density at radius 1 is 0.719 bits per heavy atom. The van der Waals surface area contributed by atoms with Gasteiger partial charge in [-0.05, 0) is 66.0 Å². The lowest BCUT2D eigenvalue weighted by molar-refractivity contribution is -0.114. The summed E-state index contributed by atoms with van der Waals surface area (Å²) >= 11 is 0. The van der Waals surface area contributed by atoms with E-state index in [1.807, 2.05) is 12.1 Å². The summed E-state index contributed by atoms with van der Waals surface area (Å²) in [7, 11) is 0. The molecule has 3 N–H and O–H groups in total. The SMILES string of the molecule is CCCCCCc1ccc(-c2ccc(NC3=C4C(=O)C=CC(N)=C4C(=O)C=C3)cc2)cc1. The third-order valence-electron chi connectivity index (χ3n) is 5.89. The maximum atomic E-state index is 12.4. The molecule has 0 aliphatic heterocycles. The highest BCUT2D eigenvalue weighted by Gasteiger charge is 2.29. The molecule has 0 bridgehead atoms. The molecule has 4 rings (SSSR count). The number of allylic oxidation sites excluding steroid dienone is 6. The fraction of sp³-hybridized carbons (Fsp3) is 0.214. The summed E-state index contributed by atoms with van der Waals surface area (Å²) in [4.78, 5) is 24.6. The number of hydrogen-bond acceptors (Lipinski definition) is 4. The molecule has 0 spiro atoms. The molecule has 162 valence electrons. The average Bonchev–Trinajstić information content (AvgIpc) is 2.81. The summed E-state index contributed by atoms with van der Waals surface area (Å²) in [5, 5.41) is 3.27. The van der Waals surface area contributed by atoms with E-state index in [1.54, 1.807) is 6.08 Å². The van der Waals surface area contributed by atoms with Gasteiger partial charge < -0.3 is 11.1 Å². The highest BCUT2D eigenvalue weighted by molar-refractivity contribution is 6.23. The summed E-state index contributed by atoms with van der Waals surface area (Å²) in [6, 6.07) is 16.8.